The van der Waals surface area contributed by atoms with E-state index in [0.717, 1.165) is 122 Å². The van der Waals surface area contributed by atoms with Crippen LogP contribution in [-0.2, 0) is 28.6 Å². The van der Waals surface area contributed by atoms with Crippen molar-refractivity contribution >= 4 is 17.9 Å². The normalized spacial score (nSPS) is 13.3. The topological polar surface area (TPSA) is 78.9 Å². The second-order valence-electron chi connectivity index (χ2n) is 16.8. The summed E-state index contributed by atoms with van der Waals surface area (Å²) in [6.45, 7) is 6.23. The number of hydrogen-bond acceptors (Lipinski definition) is 6. The Balaban J connectivity index is 4.58. The maximum Gasteiger partial charge on any atom is 0.306 e. The summed E-state index contributed by atoms with van der Waals surface area (Å²) >= 11 is 0. The number of hydrogen-bond donors (Lipinski definition) is 0. The summed E-state index contributed by atoms with van der Waals surface area (Å²) in [7, 11) is 0. The van der Waals surface area contributed by atoms with E-state index in [2.05, 4.69) is 130 Å². The van der Waals surface area contributed by atoms with Crippen molar-refractivity contribution in [3.63, 3.8) is 0 Å². The van der Waals surface area contributed by atoms with Gasteiger partial charge in [-0.1, -0.05) is 224 Å². The molecule has 0 rings (SSSR count). The van der Waals surface area contributed by atoms with E-state index < -0.39 is 6.10 Å². The van der Waals surface area contributed by atoms with Crippen LogP contribution in [-0.4, -0.2) is 37.2 Å². The molecular weight excluding hydrogens is 829 g/mol. The molecule has 6 heteroatoms. The summed E-state index contributed by atoms with van der Waals surface area (Å²) in [5.41, 5.74) is 0. The third-order valence-corrected chi connectivity index (χ3v) is 10.4. The Bertz CT molecular complexity index is 1530. The fraction of sp³-hybridized carbons (Fsp3) is 0.557. The predicted molar refractivity (Wildman–Crippen MR) is 288 cm³/mol. The van der Waals surface area contributed by atoms with E-state index in [1.165, 1.54) is 32.1 Å². The Morgan fingerprint density at radius 3 is 1.09 bits per heavy atom. The van der Waals surface area contributed by atoms with E-state index in [9.17, 15) is 14.4 Å². The third kappa shape index (κ3) is 52.1. The van der Waals surface area contributed by atoms with Crippen LogP contribution in [0.3, 0.4) is 0 Å². The van der Waals surface area contributed by atoms with Crippen molar-refractivity contribution in [2.45, 2.75) is 207 Å². The summed E-state index contributed by atoms with van der Waals surface area (Å²) in [6, 6.07) is 0. The highest BCUT2D eigenvalue weighted by Crippen LogP contribution is 2.13. The smallest absolute Gasteiger partial charge is 0.306 e. The lowest BCUT2D eigenvalue weighted by atomic mass is 10.1. The van der Waals surface area contributed by atoms with Gasteiger partial charge in [0.25, 0.3) is 0 Å². The number of esters is 3. The lowest BCUT2D eigenvalue weighted by Crippen LogP contribution is -2.30. The minimum Gasteiger partial charge on any atom is -0.462 e. The van der Waals surface area contributed by atoms with Gasteiger partial charge in [-0.25, -0.2) is 0 Å². The first kappa shape index (κ1) is 62.3. The fourth-order valence-corrected chi connectivity index (χ4v) is 6.54. The minimum absolute atomic E-state index is 0.120. The molecule has 1 unspecified atom stereocenters. The Morgan fingerprint density at radius 1 is 0.328 bits per heavy atom. The van der Waals surface area contributed by atoms with Crippen LogP contribution in [0.1, 0.15) is 201 Å². The molecule has 0 fully saturated rings. The highest BCUT2D eigenvalue weighted by Gasteiger charge is 2.19. The molecule has 0 aromatic rings. The zero-order chi connectivity index (χ0) is 48.6. The molecular formula is C61H94O6. The number of allylic oxidation sites excluding steroid dienone is 24. The molecule has 374 valence electrons. The van der Waals surface area contributed by atoms with Gasteiger partial charge in [0.05, 0.1) is 0 Å². The summed E-state index contributed by atoms with van der Waals surface area (Å²) < 4.78 is 16.7. The monoisotopic (exact) mass is 923 g/mol. The Morgan fingerprint density at radius 2 is 0.657 bits per heavy atom. The molecule has 0 bridgehead atoms. The zero-order valence-corrected chi connectivity index (χ0v) is 42.6. The molecule has 0 aliphatic heterocycles. The summed E-state index contributed by atoms with van der Waals surface area (Å²) in [5.74, 6) is -1.02. The highest BCUT2D eigenvalue weighted by atomic mass is 16.6. The second kappa shape index (κ2) is 53.9. The Labute approximate surface area is 410 Å². The van der Waals surface area contributed by atoms with Crippen molar-refractivity contribution < 1.29 is 28.6 Å². The molecule has 0 heterocycles. The number of rotatable bonds is 45. The number of ether oxygens (including phenoxy) is 3. The Kier molecular flexibility index (Phi) is 50.1. The summed E-state index contributed by atoms with van der Waals surface area (Å²) in [4.78, 5) is 38.0. The van der Waals surface area contributed by atoms with Crippen LogP contribution < -0.4 is 0 Å². The zero-order valence-electron chi connectivity index (χ0n) is 42.6. The van der Waals surface area contributed by atoms with Crippen LogP contribution in [0, 0.1) is 0 Å². The molecule has 0 saturated heterocycles. The van der Waals surface area contributed by atoms with Crippen LogP contribution >= 0.6 is 0 Å². The molecule has 0 aromatic heterocycles. The van der Waals surface area contributed by atoms with Crippen molar-refractivity contribution in [1.82, 2.24) is 0 Å². The lowest BCUT2D eigenvalue weighted by Gasteiger charge is -2.18. The van der Waals surface area contributed by atoms with Gasteiger partial charge in [0.15, 0.2) is 6.10 Å². The minimum atomic E-state index is -0.828. The fourth-order valence-electron chi connectivity index (χ4n) is 6.54. The molecule has 0 spiro atoms. The standard InChI is InChI=1S/C61H94O6/c1-4-7-10-13-16-19-22-25-28-30-32-33-36-39-42-45-48-51-54-60(63)66-57-58(56-65-59(62)53-50-47-44-41-38-35-27-24-21-18-15-12-9-6-3)67-61(64)55-52-49-46-43-40-37-34-31-29-26-23-20-17-14-11-8-5-2/h8-13,16-22,25-26,28-30,32-34,37,43,46,58H,4-7,14-15,23-24,27,31,35-36,38-42,44-45,47-57H2,1-3H3/b11-8-,12-9-,13-10-,19-16-,20-17-,21-18-,25-22-,29-26-,30-28-,33-32-,37-34-,46-43-. The SMILES string of the molecule is CC/C=C\C/C=C\C/C=C\C/C=C\C/C=C\CCCC(=O)OC(COC(=O)CCCCCCC\C=C/C=C\C=C/C=C\C=C/CCC)COC(=O)CCCCCCCCC/C=C\C/C=C\CC. The van der Waals surface area contributed by atoms with E-state index in [4.69, 9.17) is 14.2 Å². The van der Waals surface area contributed by atoms with Crippen LogP contribution in [0.4, 0.5) is 0 Å². The molecule has 0 amide bonds. The molecule has 6 nitrogen and oxygen atoms in total. The Hall–Kier alpha value is -4.71. The molecule has 1 atom stereocenters. The predicted octanol–water partition coefficient (Wildman–Crippen LogP) is 17.6. The second-order valence-corrected chi connectivity index (χ2v) is 16.8. The van der Waals surface area contributed by atoms with Gasteiger partial charge in [-0.2, -0.15) is 0 Å². The van der Waals surface area contributed by atoms with Gasteiger partial charge >= 0.3 is 17.9 Å². The molecule has 0 aromatic carbocycles. The van der Waals surface area contributed by atoms with Gasteiger partial charge in [-0.05, 0) is 103 Å². The quantitative estimate of drug-likeness (QED) is 0.0199. The van der Waals surface area contributed by atoms with E-state index in [0.29, 0.717) is 19.3 Å². The maximum absolute atomic E-state index is 12.8. The highest BCUT2D eigenvalue weighted by molar-refractivity contribution is 5.71. The molecule has 0 aliphatic carbocycles. The molecule has 0 aliphatic rings. The van der Waals surface area contributed by atoms with Crippen molar-refractivity contribution in [3.05, 3.63) is 146 Å². The first-order valence-electron chi connectivity index (χ1n) is 26.4. The first-order valence-corrected chi connectivity index (χ1v) is 26.4. The summed E-state index contributed by atoms with van der Waals surface area (Å²) in [6.07, 6.45) is 76.8. The molecule has 0 N–H and O–H groups in total. The third-order valence-electron chi connectivity index (χ3n) is 10.4. The lowest BCUT2D eigenvalue weighted by molar-refractivity contribution is -0.167. The summed E-state index contributed by atoms with van der Waals surface area (Å²) in [5, 5.41) is 0. The average molecular weight is 923 g/mol. The van der Waals surface area contributed by atoms with Crippen LogP contribution in [0.25, 0.3) is 0 Å². The average Bonchev–Trinajstić information content (AvgIpc) is 3.33. The number of carbonyl (C=O) groups excluding carboxylic acids is 3. The van der Waals surface area contributed by atoms with E-state index in [1.807, 2.05) is 36.5 Å². The van der Waals surface area contributed by atoms with Gasteiger partial charge in [0.1, 0.15) is 13.2 Å². The molecule has 0 radical (unpaired) electrons. The molecule has 67 heavy (non-hydrogen) atoms. The van der Waals surface area contributed by atoms with Crippen molar-refractivity contribution in [2.24, 2.45) is 0 Å². The number of carbonyl (C=O) groups is 3. The maximum atomic E-state index is 12.8. The van der Waals surface area contributed by atoms with Gasteiger partial charge in [-0.15, -0.1) is 0 Å². The van der Waals surface area contributed by atoms with Gasteiger partial charge in [0, 0.05) is 19.3 Å². The van der Waals surface area contributed by atoms with E-state index in [1.54, 1.807) is 0 Å². The molecule has 0 saturated carbocycles. The van der Waals surface area contributed by atoms with E-state index >= 15 is 0 Å². The van der Waals surface area contributed by atoms with Crippen LogP contribution in [0.2, 0.25) is 0 Å². The van der Waals surface area contributed by atoms with Gasteiger partial charge in [0.2, 0.25) is 0 Å². The van der Waals surface area contributed by atoms with Crippen molar-refractivity contribution in [3.8, 4) is 0 Å². The van der Waals surface area contributed by atoms with Gasteiger partial charge < -0.3 is 14.2 Å². The number of unbranched alkanes of at least 4 members (excludes halogenated alkanes) is 14. The first-order chi connectivity index (χ1) is 33.0. The van der Waals surface area contributed by atoms with Crippen LogP contribution in [0.15, 0.2) is 146 Å². The largest absolute Gasteiger partial charge is 0.462 e. The van der Waals surface area contributed by atoms with E-state index in [-0.39, 0.29) is 37.5 Å². The van der Waals surface area contributed by atoms with Crippen LogP contribution in [0.5, 0.6) is 0 Å². The van der Waals surface area contributed by atoms with Crippen molar-refractivity contribution in [2.75, 3.05) is 13.2 Å². The van der Waals surface area contributed by atoms with Crippen molar-refractivity contribution in [1.29, 1.82) is 0 Å². The van der Waals surface area contributed by atoms with Gasteiger partial charge in [-0.3, -0.25) is 14.4 Å².